The fraction of sp³-hybridized carbons (Fsp3) is 0.550. The molecule has 4 rings (SSSR count). The van der Waals surface area contributed by atoms with Gasteiger partial charge in [0.25, 0.3) is 5.56 Å². The first-order chi connectivity index (χ1) is 14.2. The molecule has 162 valence electrons. The Morgan fingerprint density at radius 3 is 2.60 bits per heavy atom. The maximum absolute atomic E-state index is 13.1. The molecule has 30 heavy (non-hydrogen) atoms. The molecule has 6 N–H and O–H groups in total. The molecule has 1 saturated carbocycles. The first-order valence-electron chi connectivity index (χ1n) is 10.2. The van der Waals surface area contributed by atoms with Crippen LogP contribution in [0.15, 0.2) is 26.8 Å². The number of anilines is 3. The van der Waals surface area contributed by atoms with E-state index in [0.717, 1.165) is 44.1 Å². The molecule has 0 bridgehead atoms. The van der Waals surface area contributed by atoms with Crippen molar-refractivity contribution in [2.45, 2.75) is 48.4 Å². The smallest absolute Gasteiger partial charge is 0.270 e. The zero-order valence-electron chi connectivity index (χ0n) is 17.3. The highest BCUT2D eigenvalue weighted by Crippen LogP contribution is 2.48. The van der Waals surface area contributed by atoms with Gasteiger partial charge >= 0.3 is 0 Å². The molecule has 3 heterocycles. The molecule has 0 amide bonds. The van der Waals surface area contributed by atoms with Gasteiger partial charge in [-0.2, -0.15) is 4.98 Å². The van der Waals surface area contributed by atoms with Crippen molar-refractivity contribution >= 4 is 40.9 Å². The summed E-state index contributed by atoms with van der Waals surface area (Å²) in [5.74, 6) is 1.67. The van der Waals surface area contributed by atoms with E-state index in [-0.39, 0.29) is 28.7 Å². The van der Waals surface area contributed by atoms with Crippen LogP contribution >= 0.6 is 23.4 Å². The van der Waals surface area contributed by atoms with E-state index < -0.39 is 0 Å². The number of hydrogen-bond acceptors (Lipinski definition) is 8. The summed E-state index contributed by atoms with van der Waals surface area (Å²) in [5, 5.41) is 0.302. The Labute approximate surface area is 185 Å². The van der Waals surface area contributed by atoms with Gasteiger partial charge in [-0.25, -0.2) is 4.98 Å². The van der Waals surface area contributed by atoms with E-state index in [4.69, 9.17) is 28.8 Å². The number of nitrogen functional groups attached to an aromatic ring is 2. The summed E-state index contributed by atoms with van der Waals surface area (Å²) in [4.78, 5) is 24.7. The summed E-state index contributed by atoms with van der Waals surface area (Å²) in [5.41, 5.74) is 18.5. The van der Waals surface area contributed by atoms with Gasteiger partial charge in [-0.15, -0.1) is 0 Å². The van der Waals surface area contributed by atoms with Crippen LogP contribution in [-0.2, 0) is 7.05 Å². The van der Waals surface area contributed by atoms with E-state index in [9.17, 15) is 4.79 Å². The van der Waals surface area contributed by atoms with Crippen molar-refractivity contribution in [2.75, 3.05) is 29.5 Å². The van der Waals surface area contributed by atoms with Gasteiger partial charge in [0, 0.05) is 37.3 Å². The Kier molecular flexibility index (Phi) is 5.63. The van der Waals surface area contributed by atoms with Gasteiger partial charge in [-0.1, -0.05) is 30.3 Å². The second-order valence-electron chi connectivity index (χ2n) is 8.60. The van der Waals surface area contributed by atoms with Gasteiger partial charge in [-0.05, 0) is 43.1 Å². The van der Waals surface area contributed by atoms with E-state index >= 15 is 0 Å². The van der Waals surface area contributed by atoms with Crippen molar-refractivity contribution in [2.24, 2.45) is 24.1 Å². The summed E-state index contributed by atoms with van der Waals surface area (Å²) < 4.78 is 1.56. The van der Waals surface area contributed by atoms with Crippen LogP contribution < -0.4 is 27.7 Å². The number of piperidine rings is 1. The van der Waals surface area contributed by atoms with Gasteiger partial charge < -0.3 is 22.1 Å². The number of nitrogens with two attached hydrogens (primary N) is 3. The van der Waals surface area contributed by atoms with Crippen molar-refractivity contribution in [3.05, 3.63) is 27.6 Å². The van der Waals surface area contributed by atoms with E-state index in [0.29, 0.717) is 26.7 Å². The highest BCUT2D eigenvalue weighted by Gasteiger charge is 2.46. The first-order valence-corrected chi connectivity index (χ1v) is 11.4. The molecule has 10 heteroatoms. The molecule has 1 aliphatic heterocycles. The predicted molar refractivity (Wildman–Crippen MR) is 122 cm³/mol. The van der Waals surface area contributed by atoms with E-state index in [2.05, 4.69) is 21.8 Å². The lowest BCUT2D eigenvalue weighted by Gasteiger charge is -2.42. The Bertz CT molecular complexity index is 1020. The molecule has 0 radical (unpaired) electrons. The van der Waals surface area contributed by atoms with Crippen LogP contribution in [0.5, 0.6) is 0 Å². The maximum Gasteiger partial charge on any atom is 0.270 e. The normalized spacial score (nSPS) is 23.3. The van der Waals surface area contributed by atoms with Gasteiger partial charge in [0.2, 0.25) is 5.95 Å². The maximum atomic E-state index is 13.1. The number of aromatic nitrogens is 3. The quantitative estimate of drug-likeness (QED) is 0.651. The topological polar surface area (TPSA) is 129 Å². The number of nitrogens with zero attached hydrogens (tertiary/aromatic N) is 4. The zero-order chi connectivity index (χ0) is 21.6. The molecule has 1 spiro atoms. The van der Waals surface area contributed by atoms with Crippen LogP contribution in [0.4, 0.5) is 17.6 Å². The van der Waals surface area contributed by atoms with Crippen LogP contribution in [0, 0.1) is 11.3 Å². The average Bonchev–Trinajstić information content (AvgIpc) is 2.98. The van der Waals surface area contributed by atoms with Gasteiger partial charge in [0.05, 0.1) is 5.02 Å². The highest BCUT2D eigenvalue weighted by molar-refractivity contribution is 7.99. The van der Waals surface area contributed by atoms with Crippen LogP contribution in [0.3, 0.4) is 0 Å². The fourth-order valence-electron chi connectivity index (χ4n) is 4.93. The molecule has 2 aromatic rings. The number of rotatable bonds is 3. The largest absolute Gasteiger partial charge is 0.382 e. The molecule has 8 nitrogen and oxygen atoms in total. The number of hydrogen-bond donors (Lipinski definition) is 3. The lowest BCUT2D eigenvalue weighted by atomic mass is 9.74. The molecule has 2 fully saturated rings. The van der Waals surface area contributed by atoms with Crippen molar-refractivity contribution in [1.29, 1.82) is 0 Å². The molecular weight excluding hydrogens is 422 g/mol. The minimum absolute atomic E-state index is 0.191. The highest BCUT2D eigenvalue weighted by atomic mass is 35.5. The molecule has 2 aliphatic rings. The van der Waals surface area contributed by atoms with Crippen molar-refractivity contribution < 1.29 is 0 Å². The first kappa shape index (κ1) is 21.3. The van der Waals surface area contributed by atoms with Crippen LogP contribution in [-0.4, -0.2) is 33.7 Å². The van der Waals surface area contributed by atoms with E-state index in [1.54, 1.807) is 23.9 Å². The summed E-state index contributed by atoms with van der Waals surface area (Å²) >= 11 is 7.38. The van der Waals surface area contributed by atoms with Gasteiger partial charge in [0.1, 0.15) is 16.5 Å². The number of pyridine rings is 1. The summed E-state index contributed by atoms with van der Waals surface area (Å²) in [6, 6.07) is 1.96. The predicted octanol–water partition coefficient (Wildman–Crippen LogP) is 2.49. The van der Waals surface area contributed by atoms with Gasteiger partial charge in [0.15, 0.2) is 0 Å². The zero-order valence-corrected chi connectivity index (χ0v) is 18.8. The molecule has 1 aliphatic carbocycles. The average molecular weight is 450 g/mol. The lowest BCUT2D eigenvalue weighted by molar-refractivity contribution is 0.192. The van der Waals surface area contributed by atoms with E-state index in [1.165, 1.54) is 6.42 Å². The summed E-state index contributed by atoms with van der Waals surface area (Å²) in [6.45, 7) is 3.92. The SMILES string of the molecule is C[C@@H]1C[C@@H](N)C2(CCN(c3nc(N)c(Sc4ccnc(N)c4Cl)c(=O)n3C)CC2)C1. The standard InChI is InChI=1S/C20H28ClN7OS/c1-11-9-13(22)20(10-11)4-7-28(8-5-20)19-26-17(24)15(18(29)27(19)2)30-12-3-6-25-16(23)14(12)21/h3,6,11,13H,4-5,7-10,22,24H2,1-2H3,(H2,23,25)/t11-,13-/m1/s1. The Morgan fingerprint density at radius 2 is 1.97 bits per heavy atom. The van der Waals surface area contributed by atoms with Crippen LogP contribution in [0.1, 0.15) is 32.6 Å². The van der Waals surface area contributed by atoms with Crippen molar-refractivity contribution in [1.82, 2.24) is 14.5 Å². The second kappa shape index (κ2) is 7.94. The molecule has 0 aromatic carbocycles. The molecule has 2 atom stereocenters. The van der Waals surface area contributed by atoms with Crippen LogP contribution in [0.2, 0.25) is 5.02 Å². The third-order valence-corrected chi connectivity index (χ3v) is 8.24. The molecule has 2 aromatic heterocycles. The molecule has 0 unspecified atom stereocenters. The third kappa shape index (κ3) is 3.63. The van der Waals surface area contributed by atoms with Crippen molar-refractivity contribution in [3.63, 3.8) is 0 Å². The molecule has 1 saturated heterocycles. The Balaban J connectivity index is 1.58. The summed E-state index contributed by atoms with van der Waals surface area (Å²) in [7, 11) is 1.73. The van der Waals surface area contributed by atoms with Crippen LogP contribution in [0.25, 0.3) is 0 Å². The third-order valence-electron chi connectivity index (χ3n) is 6.58. The minimum Gasteiger partial charge on any atom is -0.382 e. The monoisotopic (exact) mass is 449 g/mol. The second-order valence-corrected chi connectivity index (χ2v) is 10.0. The van der Waals surface area contributed by atoms with Crippen molar-refractivity contribution in [3.8, 4) is 0 Å². The lowest BCUT2D eigenvalue weighted by Crippen LogP contribution is -2.48. The van der Waals surface area contributed by atoms with Gasteiger partial charge in [-0.3, -0.25) is 9.36 Å². The Morgan fingerprint density at radius 1 is 1.27 bits per heavy atom. The fourth-order valence-corrected chi connectivity index (χ4v) is 6.08. The van der Waals surface area contributed by atoms with E-state index in [1.807, 2.05) is 0 Å². The minimum atomic E-state index is -0.208. The summed E-state index contributed by atoms with van der Waals surface area (Å²) in [6.07, 6.45) is 5.84. The molecular formula is C20H28ClN7OS. The Hall–Kier alpha value is -1.97. The number of halogens is 1.